The molecule has 5 heteroatoms. The normalized spacial score (nSPS) is 15.3. The van der Waals surface area contributed by atoms with Gasteiger partial charge in [-0.15, -0.1) is 0 Å². The van der Waals surface area contributed by atoms with Crippen LogP contribution in [0.15, 0.2) is 42.5 Å². The second-order valence-electron chi connectivity index (χ2n) is 10.2. The van der Waals surface area contributed by atoms with Gasteiger partial charge in [0, 0.05) is 18.5 Å². The van der Waals surface area contributed by atoms with E-state index >= 15 is 0 Å². The van der Waals surface area contributed by atoms with Crippen molar-refractivity contribution in [3.63, 3.8) is 0 Å². The van der Waals surface area contributed by atoms with E-state index in [-0.39, 0.29) is 12.2 Å². The summed E-state index contributed by atoms with van der Waals surface area (Å²) in [4.78, 5) is 27.5. The van der Waals surface area contributed by atoms with E-state index in [1.807, 2.05) is 30.5 Å². The molecule has 2 aromatic rings. The molecule has 190 valence electrons. The van der Waals surface area contributed by atoms with Gasteiger partial charge >= 0.3 is 5.97 Å². The summed E-state index contributed by atoms with van der Waals surface area (Å²) in [5.74, 6) is -0.0246. The van der Waals surface area contributed by atoms with E-state index in [1.165, 1.54) is 44.1 Å². The molecule has 0 saturated heterocycles. The van der Waals surface area contributed by atoms with Crippen LogP contribution in [0, 0.1) is 18.8 Å². The third-order valence-corrected chi connectivity index (χ3v) is 8.01. The van der Waals surface area contributed by atoms with Gasteiger partial charge in [-0.3, -0.25) is 9.59 Å². The molecule has 2 aromatic carbocycles. The lowest BCUT2D eigenvalue weighted by Gasteiger charge is -2.25. The topological polar surface area (TPSA) is 57.6 Å². The third-order valence-electron chi connectivity index (χ3n) is 7.37. The second-order valence-corrected chi connectivity index (χ2v) is 11.2. The molecule has 3 rings (SSSR count). The minimum Gasteiger partial charge on any atom is -0.481 e. The summed E-state index contributed by atoms with van der Waals surface area (Å²) in [5.41, 5.74) is 4.88. The molecule has 0 heterocycles. The molecular formula is C30H41NO3S. The molecule has 1 saturated carbocycles. The molecule has 0 aliphatic heterocycles. The number of carboxylic acid groups (broad SMARTS) is 1. The highest BCUT2D eigenvalue weighted by molar-refractivity contribution is 7.98. The fraction of sp³-hybridized carbons (Fsp3) is 0.533. The SMILES string of the molecule is CSCC[C@H](CC(=O)c1ccc(CN(C)CCC2CCCCC2)cc1-c1ccccc1C)C(=O)O. The molecular weight excluding hydrogens is 454 g/mol. The zero-order chi connectivity index (χ0) is 25.2. The Balaban J connectivity index is 1.80. The van der Waals surface area contributed by atoms with E-state index in [0.717, 1.165) is 41.5 Å². The minimum atomic E-state index is -0.888. The second kappa shape index (κ2) is 13.8. The highest BCUT2D eigenvalue weighted by Gasteiger charge is 2.24. The van der Waals surface area contributed by atoms with Crippen LogP contribution in [-0.2, 0) is 11.3 Å². The van der Waals surface area contributed by atoms with E-state index in [1.54, 1.807) is 11.8 Å². The Labute approximate surface area is 215 Å². The monoisotopic (exact) mass is 495 g/mol. The number of carbonyl (C=O) groups excluding carboxylic acids is 1. The first-order valence-corrected chi connectivity index (χ1v) is 14.4. The zero-order valence-electron chi connectivity index (χ0n) is 21.6. The van der Waals surface area contributed by atoms with E-state index in [4.69, 9.17) is 0 Å². The first-order valence-electron chi connectivity index (χ1n) is 13.0. The molecule has 0 spiro atoms. The number of ketones is 1. The van der Waals surface area contributed by atoms with Crippen molar-refractivity contribution in [2.75, 3.05) is 25.6 Å². The number of hydrogen-bond donors (Lipinski definition) is 1. The number of aryl methyl sites for hydroxylation is 1. The van der Waals surface area contributed by atoms with Gasteiger partial charge in [0.2, 0.25) is 0 Å². The average Bonchev–Trinajstić information content (AvgIpc) is 2.86. The van der Waals surface area contributed by atoms with Gasteiger partial charge in [-0.1, -0.05) is 68.5 Å². The van der Waals surface area contributed by atoms with Gasteiger partial charge in [0.1, 0.15) is 0 Å². The Morgan fingerprint density at radius 1 is 1.09 bits per heavy atom. The van der Waals surface area contributed by atoms with E-state index in [0.29, 0.717) is 12.0 Å². The van der Waals surface area contributed by atoms with Gasteiger partial charge in [-0.25, -0.2) is 0 Å². The van der Waals surface area contributed by atoms with Crippen molar-refractivity contribution in [3.8, 4) is 11.1 Å². The number of rotatable bonds is 13. The number of nitrogens with zero attached hydrogens (tertiary/aromatic N) is 1. The summed E-state index contributed by atoms with van der Waals surface area (Å²) in [7, 11) is 2.18. The summed E-state index contributed by atoms with van der Waals surface area (Å²) in [6.45, 7) is 3.98. The molecule has 1 fully saturated rings. The fourth-order valence-corrected chi connectivity index (χ4v) is 5.73. The van der Waals surface area contributed by atoms with Crippen LogP contribution in [0.1, 0.15) is 72.9 Å². The molecule has 0 amide bonds. The molecule has 4 nitrogen and oxygen atoms in total. The lowest BCUT2D eigenvalue weighted by atomic mass is 9.87. The van der Waals surface area contributed by atoms with Gasteiger partial charge in [0.05, 0.1) is 5.92 Å². The lowest BCUT2D eigenvalue weighted by Crippen LogP contribution is -2.22. The van der Waals surface area contributed by atoms with Crippen LogP contribution in [0.2, 0.25) is 0 Å². The molecule has 0 bridgehead atoms. The van der Waals surface area contributed by atoms with E-state index < -0.39 is 11.9 Å². The molecule has 1 aliphatic carbocycles. The predicted molar refractivity (Wildman–Crippen MR) is 147 cm³/mol. The maximum Gasteiger partial charge on any atom is 0.306 e. The van der Waals surface area contributed by atoms with Crippen molar-refractivity contribution >= 4 is 23.5 Å². The largest absolute Gasteiger partial charge is 0.481 e. The molecule has 1 N–H and O–H groups in total. The van der Waals surface area contributed by atoms with Crippen LogP contribution in [0.3, 0.4) is 0 Å². The number of carbonyl (C=O) groups is 2. The van der Waals surface area contributed by atoms with Crippen LogP contribution in [0.4, 0.5) is 0 Å². The van der Waals surface area contributed by atoms with Crippen molar-refractivity contribution in [1.82, 2.24) is 4.90 Å². The summed E-state index contributed by atoms with van der Waals surface area (Å²) in [5, 5.41) is 9.65. The zero-order valence-corrected chi connectivity index (χ0v) is 22.4. The van der Waals surface area contributed by atoms with Gasteiger partial charge < -0.3 is 10.0 Å². The molecule has 1 aliphatic rings. The number of aliphatic carboxylic acids is 1. The first kappa shape index (κ1) is 27.5. The molecule has 1 atom stereocenters. The fourth-order valence-electron chi connectivity index (χ4n) is 5.21. The lowest BCUT2D eigenvalue weighted by molar-refractivity contribution is -0.141. The highest BCUT2D eigenvalue weighted by atomic mass is 32.2. The summed E-state index contributed by atoms with van der Waals surface area (Å²) in [6.07, 6.45) is 10.7. The number of benzene rings is 2. The number of carboxylic acids is 1. The average molecular weight is 496 g/mol. The van der Waals surface area contributed by atoms with Crippen molar-refractivity contribution in [2.45, 2.75) is 64.8 Å². The summed E-state index contributed by atoms with van der Waals surface area (Å²) < 4.78 is 0. The van der Waals surface area contributed by atoms with Gasteiger partial charge in [0.15, 0.2) is 5.78 Å². The minimum absolute atomic E-state index is 0.0371. The maximum absolute atomic E-state index is 13.4. The summed E-state index contributed by atoms with van der Waals surface area (Å²) in [6, 6.07) is 14.2. The molecule has 0 aromatic heterocycles. The van der Waals surface area contributed by atoms with Crippen LogP contribution >= 0.6 is 11.8 Å². The van der Waals surface area contributed by atoms with Crippen LogP contribution in [0.5, 0.6) is 0 Å². The van der Waals surface area contributed by atoms with Crippen molar-refractivity contribution in [3.05, 3.63) is 59.2 Å². The number of hydrogen-bond acceptors (Lipinski definition) is 4. The summed E-state index contributed by atoms with van der Waals surface area (Å²) >= 11 is 1.61. The van der Waals surface area contributed by atoms with Crippen molar-refractivity contribution < 1.29 is 14.7 Å². The Morgan fingerprint density at radius 2 is 1.83 bits per heavy atom. The standard InChI is InChI=1S/C30H41NO3S/c1-22-9-7-8-12-26(22)28-19-24(21-31(2)17-15-23-10-5-4-6-11-23)13-14-27(28)29(32)20-25(30(33)34)16-18-35-3/h7-9,12-14,19,23,25H,4-6,10-11,15-18,20-21H2,1-3H3,(H,33,34)/t25-/m1/s1. The Morgan fingerprint density at radius 3 is 2.51 bits per heavy atom. The van der Waals surface area contributed by atoms with E-state index in [2.05, 4.69) is 37.1 Å². The van der Waals surface area contributed by atoms with Crippen molar-refractivity contribution in [1.29, 1.82) is 0 Å². The highest BCUT2D eigenvalue weighted by Crippen LogP contribution is 2.31. The number of Topliss-reactive ketones (excluding diaryl/α,β-unsaturated/α-hetero) is 1. The number of thioether (sulfide) groups is 1. The first-order chi connectivity index (χ1) is 16.9. The van der Waals surface area contributed by atoms with Gasteiger partial charge in [0.25, 0.3) is 0 Å². The van der Waals surface area contributed by atoms with Crippen LogP contribution < -0.4 is 0 Å². The Bertz CT molecular complexity index is 983. The third kappa shape index (κ3) is 8.22. The molecule has 35 heavy (non-hydrogen) atoms. The predicted octanol–water partition coefficient (Wildman–Crippen LogP) is 7.09. The smallest absolute Gasteiger partial charge is 0.306 e. The quantitative estimate of drug-likeness (QED) is 0.301. The van der Waals surface area contributed by atoms with Crippen molar-refractivity contribution in [2.24, 2.45) is 11.8 Å². The van der Waals surface area contributed by atoms with Crippen LogP contribution in [-0.4, -0.2) is 47.4 Å². The van der Waals surface area contributed by atoms with Gasteiger partial charge in [-0.2, -0.15) is 11.8 Å². The Kier molecular flexibility index (Phi) is 10.9. The Hall–Kier alpha value is -2.11. The molecule has 0 unspecified atom stereocenters. The van der Waals surface area contributed by atoms with Crippen LogP contribution in [0.25, 0.3) is 11.1 Å². The van der Waals surface area contributed by atoms with Gasteiger partial charge in [-0.05, 0) is 79.6 Å². The van der Waals surface area contributed by atoms with E-state index in [9.17, 15) is 14.7 Å². The maximum atomic E-state index is 13.4. The molecule has 0 radical (unpaired) electrons.